The number of likely N-dealkylation sites (tertiary alicyclic amines) is 1. The van der Waals surface area contributed by atoms with Crippen molar-refractivity contribution in [2.75, 3.05) is 11.9 Å². The van der Waals surface area contributed by atoms with Gasteiger partial charge >= 0.3 is 0 Å². The summed E-state index contributed by atoms with van der Waals surface area (Å²) in [5, 5.41) is 7.28. The van der Waals surface area contributed by atoms with E-state index in [1.807, 2.05) is 0 Å². The number of Topliss-reactive ketones (excluding diaryl/α,β-unsaturated/α-hetero) is 1. The van der Waals surface area contributed by atoms with Crippen molar-refractivity contribution >= 4 is 50.8 Å². The van der Waals surface area contributed by atoms with E-state index in [9.17, 15) is 23.2 Å². The molecule has 1 aliphatic rings. The van der Waals surface area contributed by atoms with Crippen molar-refractivity contribution in [3.05, 3.63) is 84.0 Å². The predicted octanol–water partition coefficient (Wildman–Crippen LogP) is 5.39. The monoisotopic (exact) mass is 600 g/mol. The van der Waals surface area contributed by atoms with Crippen LogP contribution in [-0.2, 0) is 16.1 Å². The molecule has 1 fully saturated rings. The number of nitrogens with zero attached hydrogens (tertiary/aromatic N) is 4. The lowest BCUT2D eigenvalue weighted by Gasteiger charge is -2.25. The Balaban J connectivity index is 1.21. The normalized spacial score (nSPS) is 17.2. The van der Waals surface area contributed by atoms with Crippen LogP contribution in [0.25, 0.3) is 21.9 Å². The van der Waals surface area contributed by atoms with Crippen molar-refractivity contribution < 1.29 is 27.6 Å². The second kappa shape index (κ2) is 11.5. The number of halogens is 2. The number of nitrogens with one attached hydrogen (secondary N) is 2. The van der Waals surface area contributed by atoms with Crippen LogP contribution in [0.3, 0.4) is 0 Å². The molecule has 0 aliphatic carbocycles. The Kier molecular flexibility index (Phi) is 7.58. The number of alkyl halides is 1. The van der Waals surface area contributed by atoms with Crippen molar-refractivity contribution in [3.8, 4) is 0 Å². The first kappa shape index (κ1) is 29.0. The smallest absolute Gasteiger partial charge is 0.243 e. The van der Waals surface area contributed by atoms with Gasteiger partial charge in [0.25, 0.3) is 0 Å². The number of rotatable bonds is 8. The van der Waals surface area contributed by atoms with Gasteiger partial charge in [-0.3, -0.25) is 14.4 Å². The Morgan fingerprint density at radius 2 is 1.86 bits per heavy atom. The molecule has 2 aromatic carbocycles. The third-order valence-corrected chi connectivity index (χ3v) is 7.98. The molecule has 226 valence electrons. The van der Waals surface area contributed by atoms with Gasteiger partial charge in [-0.15, -0.1) is 0 Å². The van der Waals surface area contributed by atoms with E-state index in [0.717, 1.165) is 0 Å². The van der Waals surface area contributed by atoms with Crippen LogP contribution in [0.1, 0.15) is 48.0 Å². The molecule has 1 aliphatic heterocycles. The number of hydrogen-bond donors (Lipinski definition) is 2. The number of anilines is 2. The Hall–Kier alpha value is -5.13. The van der Waals surface area contributed by atoms with Crippen LogP contribution < -0.4 is 10.6 Å². The van der Waals surface area contributed by atoms with E-state index in [0.29, 0.717) is 50.1 Å². The third-order valence-electron chi connectivity index (χ3n) is 7.98. The summed E-state index contributed by atoms with van der Waals surface area (Å²) >= 11 is 0. The summed E-state index contributed by atoms with van der Waals surface area (Å²) in [5.74, 6) is -1.09. The molecule has 2 N–H and O–H groups in total. The lowest BCUT2D eigenvalue weighted by molar-refractivity contribution is -0.139. The van der Waals surface area contributed by atoms with E-state index < -0.39 is 35.9 Å². The maximum absolute atomic E-state index is 14.7. The highest BCUT2D eigenvalue weighted by molar-refractivity contribution is 6.08. The highest BCUT2D eigenvalue weighted by atomic mass is 19.1. The van der Waals surface area contributed by atoms with Gasteiger partial charge in [-0.2, -0.15) is 0 Å². The zero-order chi connectivity index (χ0) is 31.1. The van der Waals surface area contributed by atoms with Crippen LogP contribution in [0.15, 0.2) is 65.7 Å². The molecule has 3 aromatic heterocycles. The molecule has 6 rings (SSSR count). The fourth-order valence-corrected chi connectivity index (χ4v) is 5.86. The summed E-state index contributed by atoms with van der Waals surface area (Å²) in [6.07, 6.45) is 4.75. The number of ketones is 1. The number of fused-ring (bicyclic) bond motifs is 2. The SMILES string of the molecule is CC(=O)c1cn(CC(=O)N2C[C@H](F)C[C@H]2C(=O)N[C@H](C)c2oc3ccc(F)cc3c2C)c2ccc(Nc3cncnc3)cc12. The minimum absolute atomic E-state index is 0.141. The number of aryl methyl sites for hydroxylation is 1. The molecule has 10 nitrogen and oxygen atoms in total. The van der Waals surface area contributed by atoms with Crippen LogP contribution >= 0.6 is 0 Å². The van der Waals surface area contributed by atoms with Gasteiger partial charge in [-0.05, 0) is 57.2 Å². The largest absolute Gasteiger partial charge is 0.459 e. The van der Waals surface area contributed by atoms with Gasteiger partial charge in [0.05, 0.1) is 30.7 Å². The van der Waals surface area contributed by atoms with Crippen molar-refractivity contribution in [2.24, 2.45) is 0 Å². The summed E-state index contributed by atoms with van der Waals surface area (Å²) in [4.78, 5) is 48.7. The lowest BCUT2D eigenvalue weighted by atomic mass is 10.1. The van der Waals surface area contributed by atoms with E-state index in [1.165, 1.54) is 36.4 Å². The molecule has 3 atom stereocenters. The number of amides is 2. The lowest BCUT2D eigenvalue weighted by Crippen LogP contribution is -2.47. The standard InChI is InChI=1S/C32H30F2N6O4/c1-17-24-8-20(33)4-7-29(24)44-31(17)18(2)37-32(43)28-9-21(34)13-40(28)30(42)15-39-14-26(19(3)41)25-10-22(5-6-27(25)39)38-23-11-35-16-36-12-23/h4-8,10-12,14,16,18,21,28,38H,9,13,15H2,1-3H3,(H,37,43)/t18-,21-,28+/m1/s1. The Labute approximate surface area is 251 Å². The summed E-state index contributed by atoms with van der Waals surface area (Å²) in [5.41, 5.74) is 3.61. The van der Waals surface area contributed by atoms with Gasteiger partial charge < -0.3 is 24.5 Å². The average Bonchev–Trinajstić information content (AvgIpc) is 3.67. The molecule has 4 heterocycles. The van der Waals surface area contributed by atoms with Gasteiger partial charge in [0.15, 0.2) is 5.78 Å². The second-order valence-electron chi connectivity index (χ2n) is 11.1. The fraction of sp³-hybridized carbons (Fsp3) is 0.281. The predicted molar refractivity (Wildman–Crippen MR) is 160 cm³/mol. The first-order valence-corrected chi connectivity index (χ1v) is 14.2. The van der Waals surface area contributed by atoms with Crippen LogP contribution in [0.4, 0.5) is 20.2 Å². The first-order chi connectivity index (χ1) is 21.1. The number of benzene rings is 2. The Morgan fingerprint density at radius 3 is 2.61 bits per heavy atom. The molecule has 0 bridgehead atoms. The van der Waals surface area contributed by atoms with E-state index in [-0.39, 0.29) is 25.3 Å². The van der Waals surface area contributed by atoms with Gasteiger partial charge in [0, 0.05) is 45.7 Å². The Bertz CT molecular complexity index is 1900. The highest BCUT2D eigenvalue weighted by Crippen LogP contribution is 2.31. The summed E-state index contributed by atoms with van der Waals surface area (Å²) in [6, 6.07) is 7.96. The van der Waals surface area contributed by atoms with Crippen LogP contribution in [0.2, 0.25) is 0 Å². The number of furan rings is 1. The molecule has 5 aromatic rings. The van der Waals surface area contributed by atoms with E-state index in [2.05, 4.69) is 20.6 Å². The molecule has 44 heavy (non-hydrogen) atoms. The molecule has 2 amide bonds. The van der Waals surface area contributed by atoms with Gasteiger partial charge in [0.2, 0.25) is 11.8 Å². The zero-order valence-electron chi connectivity index (χ0n) is 24.3. The number of hydrogen-bond acceptors (Lipinski definition) is 7. The van der Waals surface area contributed by atoms with E-state index >= 15 is 0 Å². The van der Waals surface area contributed by atoms with E-state index in [4.69, 9.17) is 4.42 Å². The summed E-state index contributed by atoms with van der Waals surface area (Å²) in [6.45, 7) is 4.53. The van der Waals surface area contributed by atoms with Gasteiger partial charge in [-0.25, -0.2) is 18.7 Å². The minimum atomic E-state index is -1.37. The number of carbonyl (C=O) groups is 3. The molecule has 1 saturated heterocycles. The van der Waals surface area contributed by atoms with E-state index in [1.54, 1.807) is 55.2 Å². The molecule has 0 unspecified atom stereocenters. The molecule has 0 spiro atoms. The molecule has 12 heteroatoms. The van der Waals surface area contributed by atoms with Crippen molar-refractivity contribution in [1.29, 1.82) is 0 Å². The molecular formula is C32H30F2N6O4. The molecule has 0 radical (unpaired) electrons. The van der Waals surface area contributed by atoms with Gasteiger partial charge in [-0.1, -0.05) is 0 Å². The fourth-order valence-electron chi connectivity index (χ4n) is 5.86. The maximum Gasteiger partial charge on any atom is 0.243 e. The highest BCUT2D eigenvalue weighted by Gasteiger charge is 2.40. The first-order valence-electron chi connectivity index (χ1n) is 14.2. The van der Waals surface area contributed by atoms with Crippen LogP contribution in [0.5, 0.6) is 0 Å². The van der Waals surface area contributed by atoms with Crippen molar-refractivity contribution in [3.63, 3.8) is 0 Å². The maximum atomic E-state index is 14.7. The second-order valence-corrected chi connectivity index (χ2v) is 11.1. The van der Waals surface area contributed by atoms with Crippen LogP contribution in [-0.4, -0.2) is 55.8 Å². The van der Waals surface area contributed by atoms with Crippen molar-refractivity contribution in [1.82, 2.24) is 24.8 Å². The molecule has 0 saturated carbocycles. The molecular weight excluding hydrogens is 570 g/mol. The number of carbonyl (C=O) groups excluding carboxylic acids is 3. The minimum Gasteiger partial charge on any atom is -0.459 e. The average molecular weight is 601 g/mol. The zero-order valence-corrected chi connectivity index (χ0v) is 24.3. The van der Waals surface area contributed by atoms with Gasteiger partial charge in [0.1, 0.15) is 42.2 Å². The Morgan fingerprint density at radius 1 is 1.09 bits per heavy atom. The topological polar surface area (TPSA) is 122 Å². The number of aromatic nitrogens is 3. The van der Waals surface area contributed by atoms with Crippen LogP contribution in [0, 0.1) is 12.7 Å². The quantitative estimate of drug-likeness (QED) is 0.229. The van der Waals surface area contributed by atoms with Crippen molar-refractivity contribution in [2.45, 2.75) is 52.0 Å². The summed E-state index contributed by atoms with van der Waals surface area (Å²) in [7, 11) is 0. The summed E-state index contributed by atoms with van der Waals surface area (Å²) < 4.78 is 36.0. The third kappa shape index (κ3) is 5.50.